The van der Waals surface area contributed by atoms with E-state index in [0.29, 0.717) is 6.54 Å². The summed E-state index contributed by atoms with van der Waals surface area (Å²) in [5, 5.41) is 17.8. The zero-order valence-corrected chi connectivity index (χ0v) is 15.4. The summed E-state index contributed by atoms with van der Waals surface area (Å²) >= 11 is 0. The van der Waals surface area contributed by atoms with Gasteiger partial charge in [-0.3, -0.25) is 9.69 Å². The Morgan fingerprint density at radius 1 is 1.00 bits per heavy atom. The molecule has 0 bridgehead atoms. The van der Waals surface area contributed by atoms with E-state index < -0.39 is 11.9 Å². The third-order valence-corrected chi connectivity index (χ3v) is 4.41. The van der Waals surface area contributed by atoms with E-state index in [1.54, 1.807) is 6.26 Å². The predicted octanol–water partition coefficient (Wildman–Crippen LogP) is 1.96. The van der Waals surface area contributed by atoms with Gasteiger partial charge in [-0.05, 0) is 43.6 Å². The number of nitrogens with zero attached hydrogens (tertiary/aromatic N) is 1. The van der Waals surface area contributed by atoms with Crippen LogP contribution in [0.15, 0.2) is 53.1 Å². The van der Waals surface area contributed by atoms with E-state index >= 15 is 0 Å². The van der Waals surface area contributed by atoms with Gasteiger partial charge in [-0.1, -0.05) is 30.3 Å². The Labute approximate surface area is 162 Å². The number of hydrogen-bond acceptors (Lipinski definition) is 5. The highest BCUT2D eigenvalue weighted by Gasteiger charge is 2.24. The fourth-order valence-electron chi connectivity index (χ4n) is 2.93. The van der Waals surface area contributed by atoms with Crippen molar-refractivity contribution in [1.82, 2.24) is 10.2 Å². The Bertz CT molecular complexity index is 740. The highest BCUT2D eigenvalue weighted by atomic mass is 16.4. The molecule has 8 nitrogen and oxygen atoms in total. The van der Waals surface area contributed by atoms with E-state index in [1.807, 2.05) is 18.2 Å². The molecule has 1 fully saturated rings. The fraction of sp³-hybridized carbons (Fsp3) is 0.350. The smallest absolute Gasteiger partial charge is 0.414 e. The lowest BCUT2D eigenvalue weighted by atomic mass is 9.95. The number of furan rings is 1. The molecule has 0 spiro atoms. The standard InChI is InChI=1S/C18H22N2O2.C2H2O4/c21-18(19-13-17-7-4-12-22-17)16-8-10-20(11-9-16)14-15-5-2-1-3-6-15;3-1(4)2(5)6/h1-7,12,16H,8-11,13-14H2,(H,19,21);(H,3,4)(H,5,6). The molecule has 150 valence electrons. The maximum absolute atomic E-state index is 12.2. The Morgan fingerprint density at radius 3 is 2.18 bits per heavy atom. The van der Waals surface area contributed by atoms with Crippen molar-refractivity contribution in [2.24, 2.45) is 5.92 Å². The highest BCUT2D eigenvalue weighted by molar-refractivity contribution is 6.27. The van der Waals surface area contributed by atoms with Crippen LogP contribution in [0.25, 0.3) is 0 Å². The van der Waals surface area contributed by atoms with Crippen LogP contribution in [0.3, 0.4) is 0 Å². The second kappa shape index (κ2) is 10.9. The van der Waals surface area contributed by atoms with Crippen molar-refractivity contribution in [3.63, 3.8) is 0 Å². The molecule has 1 aliphatic rings. The summed E-state index contributed by atoms with van der Waals surface area (Å²) in [5.74, 6) is -2.57. The normalized spacial score (nSPS) is 14.6. The molecule has 0 aliphatic carbocycles. The van der Waals surface area contributed by atoms with E-state index in [1.165, 1.54) is 5.56 Å². The molecule has 3 N–H and O–H groups in total. The number of carbonyl (C=O) groups is 3. The van der Waals surface area contributed by atoms with Crippen molar-refractivity contribution in [2.75, 3.05) is 13.1 Å². The molecular weight excluding hydrogens is 364 g/mol. The van der Waals surface area contributed by atoms with Gasteiger partial charge in [0.05, 0.1) is 12.8 Å². The number of carboxylic acids is 2. The van der Waals surface area contributed by atoms with Crippen molar-refractivity contribution in [2.45, 2.75) is 25.9 Å². The molecule has 2 heterocycles. The van der Waals surface area contributed by atoms with E-state index in [2.05, 4.69) is 34.5 Å². The van der Waals surface area contributed by atoms with Gasteiger partial charge >= 0.3 is 11.9 Å². The quantitative estimate of drug-likeness (QED) is 0.670. The molecule has 1 aromatic carbocycles. The Hall–Kier alpha value is -3.13. The van der Waals surface area contributed by atoms with Crippen LogP contribution in [0.2, 0.25) is 0 Å². The van der Waals surface area contributed by atoms with E-state index in [-0.39, 0.29) is 11.8 Å². The number of carboxylic acid groups (broad SMARTS) is 2. The minimum Gasteiger partial charge on any atom is -0.473 e. The number of benzene rings is 1. The van der Waals surface area contributed by atoms with Gasteiger partial charge in [0.15, 0.2) is 0 Å². The molecule has 0 radical (unpaired) electrons. The largest absolute Gasteiger partial charge is 0.473 e. The minimum absolute atomic E-state index is 0.127. The fourth-order valence-corrected chi connectivity index (χ4v) is 2.93. The molecule has 1 amide bonds. The molecule has 2 aromatic rings. The molecule has 0 unspecified atom stereocenters. The van der Waals surface area contributed by atoms with Gasteiger partial charge in [0.1, 0.15) is 5.76 Å². The summed E-state index contributed by atoms with van der Waals surface area (Å²) in [4.78, 5) is 32.8. The number of amides is 1. The second-order valence-electron chi connectivity index (χ2n) is 6.44. The van der Waals surface area contributed by atoms with Crippen molar-refractivity contribution in [1.29, 1.82) is 0 Å². The number of aliphatic carboxylic acids is 2. The first-order valence-corrected chi connectivity index (χ1v) is 8.98. The van der Waals surface area contributed by atoms with Gasteiger partial charge in [-0.25, -0.2) is 9.59 Å². The van der Waals surface area contributed by atoms with Crippen LogP contribution in [-0.4, -0.2) is 46.0 Å². The van der Waals surface area contributed by atoms with Crippen LogP contribution in [0, 0.1) is 5.92 Å². The van der Waals surface area contributed by atoms with Crippen LogP contribution in [-0.2, 0) is 27.5 Å². The molecule has 3 rings (SSSR count). The number of rotatable bonds is 5. The summed E-state index contributed by atoms with van der Waals surface area (Å²) < 4.78 is 5.23. The van der Waals surface area contributed by atoms with Gasteiger partial charge in [0.25, 0.3) is 0 Å². The summed E-state index contributed by atoms with van der Waals surface area (Å²) in [5.41, 5.74) is 1.34. The number of likely N-dealkylation sites (tertiary alicyclic amines) is 1. The lowest BCUT2D eigenvalue weighted by Crippen LogP contribution is -2.40. The molecule has 0 atom stereocenters. The van der Waals surface area contributed by atoms with Gasteiger partial charge in [0.2, 0.25) is 5.91 Å². The molecule has 1 aliphatic heterocycles. The van der Waals surface area contributed by atoms with E-state index in [0.717, 1.165) is 38.2 Å². The first-order chi connectivity index (χ1) is 13.5. The minimum atomic E-state index is -1.82. The zero-order chi connectivity index (χ0) is 20.4. The Morgan fingerprint density at radius 2 is 1.64 bits per heavy atom. The molecule has 28 heavy (non-hydrogen) atoms. The maximum Gasteiger partial charge on any atom is 0.414 e. The summed E-state index contributed by atoms with van der Waals surface area (Å²) in [6, 6.07) is 14.2. The number of hydrogen-bond donors (Lipinski definition) is 3. The van der Waals surface area contributed by atoms with Crippen LogP contribution < -0.4 is 5.32 Å². The monoisotopic (exact) mass is 388 g/mol. The zero-order valence-electron chi connectivity index (χ0n) is 15.4. The average molecular weight is 388 g/mol. The highest BCUT2D eigenvalue weighted by Crippen LogP contribution is 2.19. The van der Waals surface area contributed by atoms with Crippen molar-refractivity contribution in [3.05, 3.63) is 60.1 Å². The number of nitrogens with one attached hydrogen (secondary N) is 1. The molecule has 1 aromatic heterocycles. The van der Waals surface area contributed by atoms with Crippen LogP contribution in [0.4, 0.5) is 0 Å². The predicted molar refractivity (Wildman–Crippen MR) is 100 cm³/mol. The Balaban J connectivity index is 0.000000409. The lowest BCUT2D eigenvalue weighted by Gasteiger charge is -2.31. The third kappa shape index (κ3) is 7.24. The van der Waals surface area contributed by atoms with Gasteiger partial charge in [-0.15, -0.1) is 0 Å². The van der Waals surface area contributed by atoms with Crippen LogP contribution in [0.5, 0.6) is 0 Å². The molecule has 1 saturated heterocycles. The number of piperidine rings is 1. The molecular formula is C20H24N2O6. The number of carbonyl (C=O) groups excluding carboxylic acids is 1. The van der Waals surface area contributed by atoms with Crippen LogP contribution >= 0.6 is 0 Å². The van der Waals surface area contributed by atoms with Crippen molar-refractivity contribution >= 4 is 17.8 Å². The van der Waals surface area contributed by atoms with Gasteiger partial charge in [0, 0.05) is 12.5 Å². The lowest BCUT2D eigenvalue weighted by molar-refractivity contribution is -0.159. The van der Waals surface area contributed by atoms with Gasteiger partial charge in [-0.2, -0.15) is 0 Å². The second-order valence-corrected chi connectivity index (χ2v) is 6.44. The third-order valence-electron chi connectivity index (χ3n) is 4.41. The first kappa shape index (κ1) is 21.2. The van der Waals surface area contributed by atoms with E-state index in [4.69, 9.17) is 24.2 Å². The van der Waals surface area contributed by atoms with Crippen LogP contribution in [0.1, 0.15) is 24.2 Å². The molecule has 0 saturated carbocycles. The summed E-state index contributed by atoms with van der Waals surface area (Å²) in [6.07, 6.45) is 3.48. The topological polar surface area (TPSA) is 120 Å². The Kier molecular flexibility index (Phi) is 8.23. The average Bonchev–Trinajstić information content (AvgIpc) is 3.21. The maximum atomic E-state index is 12.2. The SMILES string of the molecule is O=C(NCc1ccco1)C1CCN(Cc2ccccc2)CC1.O=C(O)C(=O)O. The van der Waals surface area contributed by atoms with Crippen molar-refractivity contribution < 1.29 is 29.0 Å². The van der Waals surface area contributed by atoms with E-state index in [9.17, 15) is 4.79 Å². The van der Waals surface area contributed by atoms with Gasteiger partial charge < -0.3 is 19.9 Å². The summed E-state index contributed by atoms with van der Waals surface area (Å²) in [7, 11) is 0. The first-order valence-electron chi connectivity index (χ1n) is 8.98. The van der Waals surface area contributed by atoms with Crippen molar-refractivity contribution in [3.8, 4) is 0 Å². The summed E-state index contributed by atoms with van der Waals surface area (Å²) in [6.45, 7) is 3.42. The molecule has 8 heteroatoms.